The van der Waals surface area contributed by atoms with Crippen LogP contribution in [-0.4, -0.2) is 36.6 Å². The maximum Gasteiger partial charge on any atom is 0.223 e. The van der Waals surface area contributed by atoms with Crippen LogP contribution in [0.25, 0.3) is 0 Å². The Morgan fingerprint density at radius 3 is 2.45 bits per heavy atom. The van der Waals surface area contributed by atoms with E-state index in [0.29, 0.717) is 12.8 Å². The van der Waals surface area contributed by atoms with E-state index in [-0.39, 0.29) is 23.5 Å². The molecule has 0 bridgehead atoms. The zero-order valence-electron chi connectivity index (χ0n) is 14.1. The quantitative estimate of drug-likeness (QED) is 0.932. The van der Waals surface area contributed by atoms with Crippen LogP contribution in [-0.2, 0) is 4.79 Å². The molecule has 0 radical (unpaired) electrons. The lowest BCUT2D eigenvalue weighted by molar-refractivity contribution is -0.144. The highest BCUT2D eigenvalue weighted by atomic mass is 16.5. The summed E-state index contributed by atoms with van der Waals surface area (Å²) in [6.45, 7) is 6.09. The van der Waals surface area contributed by atoms with E-state index in [2.05, 4.69) is 0 Å². The van der Waals surface area contributed by atoms with E-state index in [0.717, 1.165) is 17.1 Å². The summed E-state index contributed by atoms with van der Waals surface area (Å²) in [5.41, 5.74) is 6.97. The molecule has 0 spiro atoms. The van der Waals surface area contributed by atoms with Crippen molar-refractivity contribution >= 4 is 5.91 Å². The lowest BCUT2D eigenvalue weighted by atomic mass is 9.86. The summed E-state index contributed by atoms with van der Waals surface area (Å²) < 4.78 is 10.8. The van der Waals surface area contributed by atoms with Crippen molar-refractivity contribution in [1.82, 2.24) is 4.90 Å². The molecule has 5 heteroatoms. The second kappa shape index (κ2) is 6.16. The normalized spacial score (nSPS) is 22.6. The van der Waals surface area contributed by atoms with E-state index in [1.54, 1.807) is 14.2 Å². The molecule has 2 unspecified atom stereocenters. The van der Waals surface area contributed by atoms with E-state index in [9.17, 15) is 4.79 Å². The van der Waals surface area contributed by atoms with Crippen molar-refractivity contribution in [2.24, 2.45) is 5.73 Å². The maximum absolute atomic E-state index is 12.5. The number of benzene rings is 1. The molecule has 5 nitrogen and oxygen atoms in total. The van der Waals surface area contributed by atoms with Gasteiger partial charge in [0.15, 0.2) is 0 Å². The van der Waals surface area contributed by atoms with Gasteiger partial charge in [0.05, 0.1) is 20.3 Å². The fourth-order valence-corrected chi connectivity index (χ4v) is 3.15. The predicted molar refractivity (Wildman–Crippen MR) is 86.1 cm³/mol. The van der Waals surface area contributed by atoms with Gasteiger partial charge in [-0.05, 0) is 45.4 Å². The molecule has 1 aromatic carbocycles. The molecule has 22 heavy (non-hydrogen) atoms. The maximum atomic E-state index is 12.5. The molecular weight excluding hydrogens is 280 g/mol. The number of nitrogens with two attached hydrogens (primary N) is 1. The van der Waals surface area contributed by atoms with E-state index in [1.807, 2.05) is 43.9 Å². The van der Waals surface area contributed by atoms with Crippen LogP contribution in [0.3, 0.4) is 0 Å². The van der Waals surface area contributed by atoms with Crippen LogP contribution >= 0.6 is 0 Å². The molecule has 1 amide bonds. The van der Waals surface area contributed by atoms with Gasteiger partial charge in [-0.15, -0.1) is 0 Å². The van der Waals surface area contributed by atoms with Crippen LogP contribution in [0.1, 0.15) is 45.2 Å². The van der Waals surface area contributed by atoms with Gasteiger partial charge >= 0.3 is 0 Å². The summed E-state index contributed by atoms with van der Waals surface area (Å²) in [7, 11) is 3.25. The van der Waals surface area contributed by atoms with Crippen LogP contribution in [0.4, 0.5) is 0 Å². The van der Waals surface area contributed by atoms with Gasteiger partial charge in [-0.1, -0.05) is 0 Å². The Kier molecular flexibility index (Phi) is 4.66. The number of carbonyl (C=O) groups excluding carboxylic acids is 1. The zero-order valence-corrected chi connectivity index (χ0v) is 14.1. The summed E-state index contributed by atoms with van der Waals surface area (Å²) in [5, 5.41) is 0. The van der Waals surface area contributed by atoms with E-state index in [1.165, 1.54) is 0 Å². The lowest BCUT2D eigenvalue weighted by Gasteiger charge is -2.47. The average molecular weight is 306 g/mol. The van der Waals surface area contributed by atoms with Crippen molar-refractivity contribution in [2.75, 3.05) is 14.2 Å². The fraction of sp³-hybridized carbons (Fsp3) is 0.588. The summed E-state index contributed by atoms with van der Waals surface area (Å²) in [5.74, 6) is 1.59. The zero-order chi connectivity index (χ0) is 16.5. The van der Waals surface area contributed by atoms with Gasteiger partial charge in [0, 0.05) is 23.6 Å². The van der Waals surface area contributed by atoms with Crippen LogP contribution in [0.15, 0.2) is 18.2 Å². The number of ether oxygens (including phenoxy) is 2. The molecule has 1 aliphatic heterocycles. The average Bonchev–Trinajstić information content (AvgIpc) is 2.47. The van der Waals surface area contributed by atoms with Crippen molar-refractivity contribution in [3.05, 3.63) is 23.8 Å². The number of hydrogen-bond acceptors (Lipinski definition) is 4. The van der Waals surface area contributed by atoms with Gasteiger partial charge in [-0.3, -0.25) is 4.79 Å². The molecule has 2 atom stereocenters. The number of likely N-dealkylation sites (tertiary alicyclic amines) is 1. The number of hydrogen-bond donors (Lipinski definition) is 1. The Labute approximate surface area is 132 Å². The van der Waals surface area contributed by atoms with Crippen LogP contribution < -0.4 is 15.2 Å². The molecule has 2 N–H and O–H groups in total. The second-order valence-electron chi connectivity index (χ2n) is 6.69. The molecule has 1 fully saturated rings. The van der Waals surface area contributed by atoms with Crippen molar-refractivity contribution in [3.8, 4) is 11.5 Å². The SMILES string of the molecule is COc1ccc(OC)c(C2C(N)CCC(=O)N2C(C)(C)C)c1. The Balaban J connectivity index is 2.56. The molecule has 1 aliphatic rings. The first kappa shape index (κ1) is 16.6. The van der Waals surface area contributed by atoms with Crippen LogP contribution in [0, 0.1) is 0 Å². The number of nitrogens with zero attached hydrogens (tertiary/aromatic N) is 1. The number of rotatable bonds is 3. The van der Waals surface area contributed by atoms with Crippen molar-refractivity contribution in [2.45, 2.75) is 51.2 Å². The molecule has 0 aromatic heterocycles. The molecule has 2 rings (SSSR count). The minimum Gasteiger partial charge on any atom is -0.497 e. The largest absolute Gasteiger partial charge is 0.497 e. The Morgan fingerprint density at radius 2 is 1.91 bits per heavy atom. The molecule has 1 heterocycles. The van der Waals surface area contributed by atoms with E-state index >= 15 is 0 Å². The van der Waals surface area contributed by atoms with Gasteiger partial charge < -0.3 is 20.1 Å². The predicted octanol–water partition coefficient (Wildman–Crippen LogP) is 2.49. The highest BCUT2D eigenvalue weighted by molar-refractivity contribution is 5.79. The molecule has 0 aliphatic carbocycles. The summed E-state index contributed by atoms with van der Waals surface area (Å²) in [4.78, 5) is 14.4. The van der Waals surface area contributed by atoms with E-state index in [4.69, 9.17) is 15.2 Å². The van der Waals surface area contributed by atoms with Gasteiger partial charge in [0.25, 0.3) is 0 Å². The van der Waals surface area contributed by atoms with Crippen molar-refractivity contribution in [1.29, 1.82) is 0 Å². The first-order valence-corrected chi connectivity index (χ1v) is 7.59. The Bertz CT molecular complexity index is 551. The number of carbonyl (C=O) groups is 1. The van der Waals surface area contributed by atoms with Crippen molar-refractivity contribution < 1.29 is 14.3 Å². The Morgan fingerprint density at radius 1 is 1.23 bits per heavy atom. The number of amides is 1. The highest BCUT2D eigenvalue weighted by Crippen LogP contribution is 2.41. The van der Waals surface area contributed by atoms with Gasteiger partial charge in [-0.25, -0.2) is 0 Å². The highest BCUT2D eigenvalue weighted by Gasteiger charge is 2.41. The first-order chi connectivity index (χ1) is 10.3. The van der Waals surface area contributed by atoms with Crippen molar-refractivity contribution in [3.63, 3.8) is 0 Å². The molecular formula is C17H26N2O3. The monoisotopic (exact) mass is 306 g/mol. The topological polar surface area (TPSA) is 64.8 Å². The third-order valence-electron chi connectivity index (χ3n) is 4.12. The summed E-state index contributed by atoms with van der Waals surface area (Å²) in [6, 6.07) is 5.28. The van der Waals surface area contributed by atoms with Gasteiger partial charge in [-0.2, -0.15) is 0 Å². The van der Waals surface area contributed by atoms with Gasteiger partial charge in [0.2, 0.25) is 5.91 Å². The van der Waals surface area contributed by atoms with Crippen LogP contribution in [0.5, 0.6) is 11.5 Å². The molecule has 1 saturated heterocycles. The summed E-state index contributed by atoms with van der Waals surface area (Å²) in [6.07, 6.45) is 1.16. The third kappa shape index (κ3) is 3.04. The molecule has 1 aromatic rings. The Hall–Kier alpha value is -1.75. The minimum atomic E-state index is -0.312. The lowest BCUT2D eigenvalue weighted by Crippen LogP contribution is -2.56. The first-order valence-electron chi connectivity index (χ1n) is 7.59. The van der Waals surface area contributed by atoms with Gasteiger partial charge in [0.1, 0.15) is 11.5 Å². The number of methoxy groups -OCH3 is 2. The molecule has 0 saturated carbocycles. The fourth-order valence-electron chi connectivity index (χ4n) is 3.15. The standard InChI is InChI=1S/C17H26N2O3/c1-17(2,3)19-15(20)9-7-13(18)16(19)12-10-11(21-4)6-8-14(12)22-5/h6,8,10,13,16H,7,9,18H2,1-5H3. The number of piperidine rings is 1. The summed E-state index contributed by atoms with van der Waals surface area (Å²) >= 11 is 0. The van der Waals surface area contributed by atoms with E-state index < -0.39 is 0 Å². The van der Waals surface area contributed by atoms with Crippen LogP contribution in [0.2, 0.25) is 0 Å². The third-order valence-corrected chi connectivity index (χ3v) is 4.12. The smallest absolute Gasteiger partial charge is 0.223 e. The minimum absolute atomic E-state index is 0.127. The molecule has 122 valence electrons. The second-order valence-corrected chi connectivity index (χ2v) is 6.69.